The molecule has 236 valence electrons. The van der Waals surface area contributed by atoms with Crippen LogP contribution < -0.4 is 16.4 Å². The number of H-pyrrole nitrogens is 1. The van der Waals surface area contributed by atoms with Crippen molar-refractivity contribution in [3.05, 3.63) is 16.7 Å². The summed E-state index contributed by atoms with van der Waals surface area (Å²) in [5.41, 5.74) is 4.13. The lowest BCUT2D eigenvalue weighted by molar-refractivity contribution is -0.149. The fourth-order valence-corrected chi connectivity index (χ4v) is 7.20. The van der Waals surface area contributed by atoms with Gasteiger partial charge >= 0.3 is 5.97 Å². The van der Waals surface area contributed by atoms with Crippen LogP contribution in [-0.4, -0.2) is 84.2 Å². The van der Waals surface area contributed by atoms with E-state index in [1.54, 1.807) is 34.6 Å². The maximum absolute atomic E-state index is 15.7. The topological polar surface area (TPSA) is 193 Å². The number of esters is 1. The second-order valence-electron chi connectivity index (χ2n) is 10.8. The number of ether oxygens (including phenoxy) is 2. The van der Waals surface area contributed by atoms with Crippen molar-refractivity contribution in [2.45, 2.75) is 77.3 Å². The molecule has 0 aliphatic carbocycles. The van der Waals surface area contributed by atoms with Gasteiger partial charge in [0.05, 0.1) is 25.6 Å². The first kappa shape index (κ1) is 34.8. The summed E-state index contributed by atoms with van der Waals surface area (Å²) in [5, 5.41) is 10.6. The van der Waals surface area contributed by atoms with E-state index in [0.29, 0.717) is 0 Å². The highest BCUT2D eigenvalue weighted by Gasteiger charge is 2.58. The number of anilines is 1. The number of carbonyl (C=O) groups excluding carboxylic acids is 2. The van der Waals surface area contributed by atoms with Gasteiger partial charge in [0.2, 0.25) is 5.95 Å². The lowest BCUT2D eigenvalue weighted by atomic mass is 10.00. The van der Waals surface area contributed by atoms with Crippen LogP contribution in [0, 0.1) is 5.41 Å². The monoisotopic (exact) mass is 672 g/mol. The minimum absolute atomic E-state index is 0.0232. The van der Waals surface area contributed by atoms with Crippen LogP contribution in [-0.2, 0) is 39.9 Å². The first-order chi connectivity index (χ1) is 19.4. The average molecular weight is 673 g/mol. The van der Waals surface area contributed by atoms with Gasteiger partial charge in [-0.2, -0.15) is 4.98 Å². The number of alkyl halides is 2. The normalized spacial score (nSPS) is 25.0. The number of nitrogens with one attached hydrogen (secondary N) is 2. The van der Waals surface area contributed by atoms with Crippen LogP contribution in [0.4, 0.5) is 10.3 Å². The van der Waals surface area contributed by atoms with Gasteiger partial charge in [-0.25, -0.2) is 14.5 Å². The zero-order chi connectivity index (χ0) is 31.6. The van der Waals surface area contributed by atoms with Gasteiger partial charge in [-0.05, 0) is 32.6 Å². The number of aliphatic hydroxyl groups is 1. The number of halogens is 2. The highest BCUT2D eigenvalue weighted by Crippen LogP contribution is 2.49. The first-order valence-electron chi connectivity index (χ1n) is 12.8. The molecule has 1 saturated heterocycles. The van der Waals surface area contributed by atoms with Crippen LogP contribution in [0.2, 0.25) is 0 Å². The van der Waals surface area contributed by atoms with Gasteiger partial charge in [0.15, 0.2) is 22.5 Å². The maximum atomic E-state index is 15.7. The standard InChI is InChI=1S/C23H35ClFN6O8PS2/c1-11(2)38-18(34)12(3)30-40(41,36-7-8-42-20(35)22(4,5)6)37-9-13-15(32)23(24,25)19(39-13)31-10-27-14-16(31)28-21(26)29-17(14)33/h10-13,15,19,32H,7-9H2,1-6H3,(H,30,41)(H3,26,28,29,33)/t12?,13-,15-,19-,23-,40?/m1/s1. The van der Waals surface area contributed by atoms with Crippen molar-refractivity contribution >= 4 is 70.0 Å². The average Bonchev–Trinajstić information content (AvgIpc) is 3.37. The number of rotatable bonds is 12. The van der Waals surface area contributed by atoms with Crippen molar-refractivity contribution < 1.29 is 37.6 Å². The van der Waals surface area contributed by atoms with Crippen LogP contribution in [0.5, 0.6) is 0 Å². The number of aromatic nitrogens is 4. The molecule has 2 aromatic heterocycles. The SMILES string of the molecule is CC(C)OC(=O)C(C)NP(=S)(OCCSC(=O)C(C)(C)C)OC[C@H]1O[C@@H](n2cnc3c(=O)[nH]c(N)nc32)[C@@](F)(Cl)[C@@H]1O. The highest BCUT2D eigenvalue weighted by molar-refractivity contribution is 8.13. The van der Waals surface area contributed by atoms with E-state index in [2.05, 4.69) is 20.0 Å². The van der Waals surface area contributed by atoms with Crippen LogP contribution in [0.3, 0.4) is 0 Å². The molecule has 0 bridgehead atoms. The molecule has 0 saturated carbocycles. The van der Waals surface area contributed by atoms with E-state index in [9.17, 15) is 19.5 Å². The van der Waals surface area contributed by atoms with Gasteiger partial charge in [-0.15, -0.1) is 0 Å². The van der Waals surface area contributed by atoms with Gasteiger partial charge < -0.3 is 29.4 Å². The van der Waals surface area contributed by atoms with Crippen molar-refractivity contribution in [1.82, 2.24) is 24.6 Å². The summed E-state index contributed by atoms with van der Waals surface area (Å²) in [4.78, 5) is 47.0. The Balaban J connectivity index is 1.77. The number of thioether (sulfide) groups is 1. The molecular formula is C23H35ClFN6O8PS2. The summed E-state index contributed by atoms with van der Waals surface area (Å²) >= 11 is 12.8. The molecule has 3 rings (SSSR count). The quantitative estimate of drug-likeness (QED) is 0.111. The van der Waals surface area contributed by atoms with E-state index < -0.39 is 59.8 Å². The van der Waals surface area contributed by atoms with Crippen molar-refractivity contribution in [2.24, 2.45) is 5.41 Å². The molecule has 0 radical (unpaired) electrons. The van der Waals surface area contributed by atoms with E-state index in [-0.39, 0.29) is 40.7 Å². The molecule has 14 nitrogen and oxygen atoms in total. The van der Waals surface area contributed by atoms with Crippen LogP contribution in [0.25, 0.3) is 11.2 Å². The Morgan fingerprint density at radius 1 is 1.40 bits per heavy atom. The second-order valence-corrected chi connectivity index (χ2v) is 15.6. The fourth-order valence-electron chi connectivity index (χ4n) is 3.64. The molecule has 0 aromatic carbocycles. The number of carbonyl (C=O) groups is 2. The smallest absolute Gasteiger partial charge is 0.323 e. The number of hydrogen-bond acceptors (Lipinski definition) is 13. The summed E-state index contributed by atoms with van der Waals surface area (Å²) in [7, 11) is 0. The predicted octanol–water partition coefficient (Wildman–Crippen LogP) is 2.36. The van der Waals surface area contributed by atoms with Gasteiger partial charge in [0.25, 0.3) is 17.3 Å². The lowest BCUT2D eigenvalue weighted by Crippen LogP contribution is -2.39. The molecule has 6 atom stereocenters. The van der Waals surface area contributed by atoms with E-state index in [1.165, 1.54) is 6.92 Å². The minimum Gasteiger partial charge on any atom is -0.462 e. The summed E-state index contributed by atoms with van der Waals surface area (Å²) in [6.45, 7) is 6.19. The van der Waals surface area contributed by atoms with E-state index >= 15 is 4.39 Å². The summed E-state index contributed by atoms with van der Waals surface area (Å²) in [6, 6.07) is -0.954. The molecule has 1 aliphatic rings. The summed E-state index contributed by atoms with van der Waals surface area (Å²) < 4.78 is 39.3. The number of nitrogen functional groups attached to an aromatic ring is 1. The molecule has 3 heterocycles. The Morgan fingerprint density at radius 2 is 2.07 bits per heavy atom. The number of aliphatic hydroxyl groups excluding tert-OH is 1. The Morgan fingerprint density at radius 3 is 2.69 bits per heavy atom. The first-order valence-corrected chi connectivity index (χ1v) is 16.8. The van der Waals surface area contributed by atoms with Gasteiger partial charge in [-0.3, -0.25) is 23.9 Å². The Hall–Kier alpha value is -1.69. The molecule has 0 spiro atoms. The summed E-state index contributed by atoms with van der Waals surface area (Å²) in [6.07, 6.45) is -4.31. The van der Waals surface area contributed by atoms with Crippen LogP contribution in [0.15, 0.2) is 11.1 Å². The fraction of sp³-hybridized carbons (Fsp3) is 0.696. The van der Waals surface area contributed by atoms with Crippen LogP contribution >= 0.6 is 30.0 Å². The molecule has 19 heteroatoms. The van der Waals surface area contributed by atoms with Gasteiger partial charge in [0.1, 0.15) is 18.2 Å². The number of fused-ring (bicyclic) bond motifs is 1. The van der Waals surface area contributed by atoms with E-state index in [4.69, 9.17) is 47.7 Å². The lowest BCUT2D eigenvalue weighted by Gasteiger charge is -2.28. The van der Waals surface area contributed by atoms with Crippen LogP contribution in [0.1, 0.15) is 47.8 Å². The van der Waals surface area contributed by atoms with Gasteiger partial charge in [-0.1, -0.05) is 44.1 Å². The van der Waals surface area contributed by atoms with E-state index in [1.807, 2.05) is 0 Å². The molecule has 2 aromatic rings. The molecule has 42 heavy (non-hydrogen) atoms. The Bertz CT molecular complexity index is 1400. The molecule has 5 N–H and O–H groups in total. The van der Waals surface area contributed by atoms with Crippen molar-refractivity contribution in [3.63, 3.8) is 0 Å². The zero-order valence-electron chi connectivity index (χ0n) is 23.8. The van der Waals surface area contributed by atoms with Crippen molar-refractivity contribution in [3.8, 4) is 0 Å². The molecule has 1 aliphatic heterocycles. The number of nitrogens with two attached hydrogens (primary N) is 1. The van der Waals surface area contributed by atoms with Gasteiger partial charge in [0, 0.05) is 11.2 Å². The van der Waals surface area contributed by atoms with E-state index in [0.717, 1.165) is 22.7 Å². The molecule has 2 unspecified atom stereocenters. The number of nitrogens with zero attached hydrogens (tertiary/aromatic N) is 3. The number of aromatic amines is 1. The number of hydrogen-bond donors (Lipinski definition) is 4. The predicted molar refractivity (Wildman–Crippen MR) is 159 cm³/mol. The number of imidazole rings is 1. The molecule has 0 amide bonds. The maximum Gasteiger partial charge on any atom is 0.323 e. The zero-order valence-corrected chi connectivity index (χ0v) is 27.1. The molecule has 1 fully saturated rings. The Labute approximate surface area is 255 Å². The largest absolute Gasteiger partial charge is 0.462 e. The molecular weight excluding hydrogens is 638 g/mol. The third kappa shape index (κ3) is 8.27. The summed E-state index contributed by atoms with van der Waals surface area (Å²) in [5.74, 6) is -0.617. The Kier molecular flexibility index (Phi) is 11.2. The van der Waals surface area contributed by atoms with Crippen molar-refractivity contribution in [2.75, 3.05) is 24.7 Å². The van der Waals surface area contributed by atoms with Crippen molar-refractivity contribution in [1.29, 1.82) is 0 Å². The minimum atomic E-state index is -3.52. The second kappa shape index (κ2) is 13.5. The highest BCUT2D eigenvalue weighted by atomic mass is 35.5. The third-order valence-corrected chi connectivity index (χ3v) is 10.1. The third-order valence-electron chi connectivity index (χ3n) is 5.74.